The number of nitrogens with zero attached hydrogens (tertiary/aromatic N) is 3. The first-order chi connectivity index (χ1) is 15.0. The summed E-state index contributed by atoms with van der Waals surface area (Å²) in [6, 6.07) is 15.5. The lowest BCUT2D eigenvalue weighted by Crippen LogP contribution is -2.49. The Morgan fingerprint density at radius 1 is 1.19 bits per heavy atom. The van der Waals surface area contributed by atoms with Gasteiger partial charge in [0.2, 0.25) is 0 Å². The van der Waals surface area contributed by atoms with Crippen molar-refractivity contribution in [1.29, 1.82) is 0 Å². The molecule has 0 spiro atoms. The molecule has 2 aromatic heterocycles. The number of carbonyl (C=O) groups is 2. The SMILES string of the molecule is Cn1c(-c2cc3ccccc3[nH]2)nc2cc(C(=O)N3CCCC(NC(=O)O)C3)ccc21. The highest BCUT2D eigenvalue weighted by atomic mass is 16.4. The zero-order valence-corrected chi connectivity index (χ0v) is 17.1. The van der Waals surface area contributed by atoms with E-state index in [1.807, 2.05) is 48.0 Å². The van der Waals surface area contributed by atoms with Gasteiger partial charge in [0.15, 0.2) is 5.82 Å². The fourth-order valence-electron chi connectivity index (χ4n) is 4.40. The Bertz CT molecular complexity index is 1270. The first kappa shape index (κ1) is 19.2. The Morgan fingerprint density at radius 3 is 2.84 bits per heavy atom. The molecule has 0 radical (unpaired) electrons. The van der Waals surface area contributed by atoms with Crippen molar-refractivity contribution >= 4 is 33.9 Å². The van der Waals surface area contributed by atoms with E-state index in [1.54, 1.807) is 4.90 Å². The maximum absolute atomic E-state index is 13.1. The minimum atomic E-state index is -1.06. The van der Waals surface area contributed by atoms with Crippen molar-refractivity contribution < 1.29 is 14.7 Å². The second-order valence-corrected chi connectivity index (χ2v) is 8.01. The molecule has 2 aromatic carbocycles. The number of benzene rings is 2. The van der Waals surface area contributed by atoms with E-state index in [1.165, 1.54) is 0 Å². The van der Waals surface area contributed by atoms with Gasteiger partial charge in [0.1, 0.15) is 0 Å². The second-order valence-electron chi connectivity index (χ2n) is 8.01. The van der Waals surface area contributed by atoms with Crippen LogP contribution in [-0.4, -0.2) is 55.7 Å². The van der Waals surface area contributed by atoms with Gasteiger partial charge in [-0.05, 0) is 43.2 Å². The standard InChI is InChI=1S/C23H23N5O3/c1-27-20-9-8-15(22(29)28-10-4-6-16(13-28)24-23(30)31)12-18(20)26-21(27)19-11-14-5-2-3-7-17(14)25-19/h2-3,5,7-9,11-12,16,24-25H,4,6,10,13H2,1H3,(H,30,31). The van der Waals surface area contributed by atoms with Gasteiger partial charge in [-0.15, -0.1) is 0 Å². The van der Waals surface area contributed by atoms with Crippen LogP contribution < -0.4 is 5.32 Å². The zero-order valence-electron chi connectivity index (χ0n) is 17.1. The van der Waals surface area contributed by atoms with Gasteiger partial charge in [-0.1, -0.05) is 18.2 Å². The van der Waals surface area contributed by atoms with Gasteiger partial charge < -0.3 is 24.9 Å². The third-order valence-electron chi connectivity index (χ3n) is 5.93. The zero-order chi connectivity index (χ0) is 21.5. The van der Waals surface area contributed by atoms with Crippen molar-refractivity contribution in [1.82, 2.24) is 24.8 Å². The maximum atomic E-state index is 13.1. The average molecular weight is 417 g/mol. The number of nitrogens with one attached hydrogen (secondary N) is 2. The van der Waals surface area contributed by atoms with Gasteiger partial charge in [0, 0.05) is 42.6 Å². The Kier molecular flexibility index (Phi) is 4.62. The van der Waals surface area contributed by atoms with Crippen molar-refractivity contribution in [3.63, 3.8) is 0 Å². The summed E-state index contributed by atoms with van der Waals surface area (Å²) in [6.45, 7) is 1.00. The number of aryl methyl sites for hydroxylation is 1. The molecule has 1 unspecified atom stereocenters. The van der Waals surface area contributed by atoms with E-state index in [-0.39, 0.29) is 11.9 Å². The molecular weight excluding hydrogens is 394 g/mol. The van der Waals surface area contributed by atoms with Gasteiger partial charge in [-0.2, -0.15) is 0 Å². The number of aromatic amines is 1. The summed E-state index contributed by atoms with van der Waals surface area (Å²) in [5, 5.41) is 12.6. The molecule has 31 heavy (non-hydrogen) atoms. The monoisotopic (exact) mass is 417 g/mol. The van der Waals surface area contributed by atoms with Gasteiger partial charge in [0.25, 0.3) is 5.91 Å². The molecule has 4 aromatic rings. The first-order valence-corrected chi connectivity index (χ1v) is 10.3. The van der Waals surface area contributed by atoms with Crippen LogP contribution in [0.2, 0.25) is 0 Å². The lowest BCUT2D eigenvalue weighted by molar-refractivity contribution is 0.0692. The number of fused-ring (bicyclic) bond motifs is 2. The van der Waals surface area contributed by atoms with Crippen LogP contribution in [0.5, 0.6) is 0 Å². The number of imidazole rings is 1. The minimum Gasteiger partial charge on any atom is -0.465 e. The molecule has 1 atom stereocenters. The van der Waals surface area contributed by atoms with Crippen LogP contribution in [0.3, 0.4) is 0 Å². The normalized spacial score (nSPS) is 16.7. The molecule has 3 heterocycles. The summed E-state index contributed by atoms with van der Waals surface area (Å²) >= 11 is 0. The van der Waals surface area contributed by atoms with E-state index in [2.05, 4.69) is 22.4 Å². The quantitative estimate of drug-likeness (QED) is 0.474. The number of carbonyl (C=O) groups excluding carboxylic acids is 1. The third kappa shape index (κ3) is 3.50. The molecule has 1 saturated heterocycles. The van der Waals surface area contributed by atoms with Gasteiger partial charge in [-0.25, -0.2) is 9.78 Å². The molecular formula is C23H23N5O3. The number of amides is 2. The first-order valence-electron chi connectivity index (χ1n) is 10.3. The van der Waals surface area contributed by atoms with E-state index in [9.17, 15) is 9.59 Å². The number of para-hydroxylation sites is 1. The van der Waals surface area contributed by atoms with Gasteiger partial charge in [0.05, 0.1) is 16.7 Å². The van der Waals surface area contributed by atoms with Gasteiger partial charge >= 0.3 is 6.09 Å². The number of H-pyrrole nitrogens is 1. The second kappa shape index (κ2) is 7.46. The molecule has 1 aliphatic rings. The Hall–Kier alpha value is -3.81. The Labute approximate surface area is 178 Å². The molecule has 0 saturated carbocycles. The van der Waals surface area contributed by atoms with E-state index in [0.29, 0.717) is 18.7 Å². The van der Waals surface area contributed by atoms with Crippen LogP contribution in [0.15, 0.2) is 48.5 Å². The highest BCUT2D eigenvalue weighted by molar-refractivity contribution is 5.98. The largest absolute Gasteiger partial charge is 0.465 e. The van der Waals surface area contributed by atoms with E-state index in [0.717, 1.165) is 46.3 Å². The van der Waals surface area contributed by atoms with Crippen molar-refractivity contribution in [3.05, 3.63) is 54.1 Å². The van der Waals surface area contributed by atoms with Crippen molar-refractivity contribution in [2.75, 3.05) is 13.1 Å². The number of aromatic nitrogens is 3. The summed E-state index contributed by atoms with van der Waals surface area (Å²) in [5.74, 6) is 0.705. The predicted molar refractivity (Wildman–Crippen MR) is 118 cm³/mol. The van der Waals surface area contributed by atoms with Crippen LogP contribution in [0.1, 0.15) is 23.2 Å². The molecule has 3 N–H and O–H groups in total. The van der Waals surface area contributed by atoms with Crippen LogP contribution in [-0.2, 0) is 7.05 Å². The number of carboxylic acid groups (broad SMARTS) is 1. The summed E-state index contributed by atoms with van der Waals surface area (Å²) in [7, 11) is 1.96. The maximum Gasteiger partial charge on any atom is 0.404 e. The average Bonchev–Trinajstić information content (AvgIpc) is 3.33. The molecule has 5 rings (SSSR count). The number of hydrogen-bond donors (Lipinski definition) is 3. The summed E-state index contributed by atoms with van der Waals surface area (Å²) < 4.78 is 2.02. The fraction of sp³-hybridized carbons (Fsp3) is 0.261. The van der Waals surface area contributed by atoms with E-state index >= 15 is 0 Å². The van der Waals surface area contributed by atoms with Crippen molar-refractivity contribution in [3.8, 4) is 11.5 Å². The summed E-state index contributed by atoms with van der Waals surface area (Å²) in [4.78, 5) is 33.9. The molecule has 8 heteroatoms. The van der Waals surface area contributed by atoms with Crippen LogP contribution in [0, 0.1) is 0 Å². The van der Waals surface area contributed by atoms with Crippen LogP contribution >= 0.6 is 0 Å². The minimum absolute atomic E-state index is 0.100. The van der Waals surface area contributed by atoms with E-state index in [4.69, 9.17) is 10.1 Å². The highest BCUT2D eigenvalue weighted by Crippen LogP contribution is 2.27. The fourth-order valence-corrected chi connectivity index (χ4v) is 4.40. The topological polar surface area (TPSA) is 103 Å². The molecule has 0 bridgehead atoms. The molecule has 2 amide bonds. The Balaban J connectivity index is 1.45. The van der Waals surface area contributed by atoms with Gasteiger partial charge in [-0.3, -0.25) is 4.79 Å². The predicted octanol–water partition coefficient (Wildman–Crippen LogP) is 3.59. The molecule has 158 valence electrons. The number of likely N-dealkylation sites (tertiary alicyclic amines) is 1. The van der Waals surface area contributed by atoms with Crippen molar-refractivity contribution in [2.45, 2.75) is 18.9 Å². The van der Waals surface area contributed by atoms with E-state index < -0.39 is 6.09 Å². The Morgan fingerprint density at radius 2 is 2.03 bits per heavy atom. The lowest BCUT2D eigenvalue weighted by atomic mass is 10.0. The molecule has 1 aliphatic heterocycles. The third-order valence-corrected chi connectivity index (χ3v) is 5.93. The van der Waals surface area contributed by atoms with Crippen LogP contribution in [0.4, 0.5) is 4.79 Å². The smallest absolute Gasteiger partial charge is 0.404 e. The number of rotatable bonds is 3. The molecule has 0 aliphatic carbocycles. The number of hydrogen-bond acceptors (Lipinski definition) is 3. The van der Waals surface area contributed by atoms with Crippen LogP contribution in [0.25, 0.3) is 33.5 Å². The summed E-state index contributed by atoms with van der Waals surface area (Å²) in [5.41, 5.74) is 4.22. The molecule has 8 nitrogen and oxygen atoms in total. The van der Waals surface area contributed by atoms with Crippen molar-refractivity contribution in [2.24, 2.45) is 7.05 Å². The molecule has 1 fully saturated rings. The highest BCUT2D eigenvalue weighted by Gasteiger charge is 2.26. The summed E-state index contributed by atoms with van der Waals surface area (Å²) in [6.07, 6.45) is 0.453. The lowest BCUT2D eigenvalue weighted by Gasteiger charge is -2.32. The number of piperidine rings is 1.